The lowest BCUT2D eigenvalue weighted by molar-refractivity contribution is 0.674. The zero-order valence-corrected chi connectivity index (χ0v) is 9.71. The Bertz CT molecular complexity index is 157. The number of rotatable bonds is 8. The fraction of sp³-hybridized carbons (Fsp3) is 0.692. The maximum atomic E-state index is 5.61. The van der Waals surface area contributed by atoms with Crippen LogP contribution in [-0.2, 0) is 0 Å². The van der Waals surface area contributed by atoms with Crippen molar-refractivity contribution < 1.29 is 0 Å². The zero-order chi connectivity index (χ0) is 10.6. The van der Waals surface area contributed by atoms with Crippen molar-refractivity contribution in [3.63, 3.8) is 0 Å². The fourth-order valence-corrected chi connectivity index (χ4v) is 1.24. The van der Waals surface area contributed by atoms with Gasteiger partial charge in [0.05, 0.1) is 0 Å². The first-order valence-electron chi connectivity index (χ1n) is 5.84. The largest absolute Gasteiger partial charge is 0.328 e. The summed E-state index contributed by atoms with van der Waals surface area (Å²) in [7, 11) is 0. The van der Waals surface area contributed by atoms with Gasteiger partial charge in [0.1, 0.15) is 0 Å². The zero-order valence-electron chi connectivity index (χ0n) is 9.71. The first-order chi connectivity index (χ1) is 6.77. The van der Waals surface area contributed by atoms with Crippen LogP contribution >= 0.6 is 0 Å². The van der Waals surface area contributed by atoms with Gasteiger partial charge in [0.15, 0.2) is 0 Å². The van der Waals surface area contributed by atoms with Gasteiger partial charge in [-0.2, -0.15) is 0 Å². The molecule has 82 valence electrons. The molecular weight excluding hydrogens is 170 g/mol. The summed E-state index contributed by atoms with van der Waals surface area (Å²) in [5, 5.41) is 0. The number of allylic oxidation sites excluding steroid dienone is 3. The molecule has 0 saturated heterocycles. The quantitative estimate of drug-likeness (QED) is 0.462. The molecule has 0 radical (unpaired) electrons. The summed E-state index contributed by atoms with van der Waals surface area (Å²) in [6.45, 7) is 4.27. The van der Waals surface area contributed by atoms with Gasteiger partial charge in [0.2, 0.25) is 0 Å². The van der Waals surface area contributed by atoms with E-state index in [1.165, 1.54) is 32.1 Å². The highest BCUT2D eigenvalue weighted by molar-refractivity contribution is 5.02. The molecule has 2 N–H and O–H groups in total. The lowest BCUT2D eigenvalue weighted by Gasteiger charge is -1.95. The first-order valence-corrected chi connectivity index (χ1v) is 5.84. The van der Waals surface area contributed by atoms with Gasteiger partial charge in [0, 0.05) is 6.04 Å². The lowest BCUT2D eigenvalue weighted by atomic mass is 10.1. The van der Waals surface area contributed by atoms with Crippen LogP contribution in [0.1, 0.15) is 52.4 Å². The second kappa shape index (κ2) is 10.5. The van der Waals surface area contributed by atoms with Gasteiger partial charge in [-0.3, -0.25) is 0 Å². The highest BCUT2D eigenvalue weighted by atomic mass is 14.6. The summed E-state index contributed by atoms with van der Waals surface area (Å²) in [6, 6.07) is 0.282. The Morgan fingerprint density at radius 2 is 1.79 bits per heavy atom. The van der Waals surface area contributed by atoms with E-state index >= 15 is 0 Å². The molecule has 14 heavy (non-hydrogen) atoms. The average molecular weight is 195 g/mol. The van der Waals surface area contributed by atoms with E-state index in [0.717, 1.165) is 6.42 Å². The van der Waals surface area contributed by atoms with E-state index < -0.39 is 0 Å². The molecule has 0 spiro atoms. The summed E-state index contributed by atoms with van der Waals surface area (Å²) >= 11 is 0. The van der Waals surface area contributed by atoms with Gasteiger partial charge in [-0.25, -0.2) is 0 Å². The molecule has 0 fully saturated rings. The standard InChI is InChI=1S/C13H25N/c1-3-4-5-6-7-8-9-10-11-12-13(2)14/h8-11,13H,3-7,12,14H2,1-2H3/b9-8+,11-10+. The second-order valence-electron chi connectivity index (χ2n) is 3.92. The third kappa shape index (κ3) is 11.4. The second-order valence-corrected chi connectivity index (χ2v) is 3.92. The van der Waals surface area contributed by atoms with E-state index in [0.29, 0.717) is 0 Å². The van der Waals surface area contributed by atoms with E-state index in [1.54, 1.807) is 0 Å². The van der Waals surface area contributed by atoms with E-state index in [9.17, 15) is 0 Å². The molecular formula is C13H25N. The molecule has 1 atom stereocenters. The average Bonchev–Trinajstić information content (AvgIpc) is 2.15. The Labute approximate surface area is 89.1 Å². The van der Waals surface area contributed by atoms with Crippen LogP contribution in [-0.4, -0.2) is 6.04 Å². The van der Waals surface area contributed by atoms with Crippen molar-refractivity contribution in [1.29, 1.82) is 0 Å². The molecule has 0 aliphatic heterocycles. The van der Waals surface area contributed by atoms with Crippen LogP contribution < -0.4 is 5.73 Å². The molecule has 0 aromatic heterocycles. The molecule has 0 amide bonds. The van der Waals surface area contributed by atoms with E-state index in [1.807, 2.05) is 6.92 Å². The minimum absolute atomic E-state index is 0.282. The molecule has 0 aliphatic carbocycles. The van der Waals surface area contributed by atoms with Gasteiger partial charge < -0.3 is 5.73 Å². The number of hydrogen-bond donors (Lipinski definition) is 1. The normalized spacial score (nSPS) is 14.2. The van der Waals surface area contributed by atoms with Crippen LogP contribution in [0.15, 0.2) is 24.3 Å². The third-order valence-electron chi connectivity index (χ3n) is 2.12. The Kier molecular flexibility index (Phi) is 10.1. The van der Waals surface area contributed by atoms with Gasteiger partial charge in [-0.15, -0.1) is 0 Å². The summed E-state index contributed by atoms with van der Waals surface area (Å²) in [6.07, 6.45) is 16.2. The topological polar surface area (TPSA) is 26.0 Å². The maximum Gasteiger partial charge on any atom is 0.00451 e. The van der Waals surface area contributed by atoms with E-state index in [-0.39, 0.29) is 6.04 Å². The minimum Gasteiger partial charge on any atom is -0.328 e. The molecule has 1 unspecified atom stereocenters. The molecule has 1 heteroatoms. The maximum absolute atomic E-state index is 5.61. The molecule has 0 saturated carbocycles. The monoisotopic (exact) mass is 195 g/mol. The van der Waals surface area contributed by atoms with E-state index in [2.05, 4.69) is 31.2 Å². The summed E-state index contributed by atoms with van der Waals surface area (Å²) in [5.74, 6) is 0. The van der Waals surface area contributed by atoms with Crippen LogP contribution in [0.5, 0.6) is 0 Å². The highest BCUT2D eigenvalue weighted by Crippen LogP contribution is 2.02. The van der Waals surface area contributed by atoms with Gasteiger partial charge >= 0.3 is 0 Å². The van der Waals surface area contributed by atoms with Gasteiger partial charge in [0.25, 0.3) is 0 Å². The number of unbranched alkanes of at least 4 members (excludes halogenated alkanes) is 4. The third-order valence-corrected chi connectivity index (χ3v) is 2.12. The van der Waals surface area contributed by atoms with Crippen LogP contribution in [0, 0.1) is 0 Å². The molecule has 0 rings (SSSR count). The van der Waals surface area contributed by atoms with Crippen molar-refractivity contribution in [3.8, 4) is 0 Å². The first kappa shape index (κ1) is 13.4. The van der Waals surface area contributed by atoms with Crippen LogP contribution in [0.25, 0.3) is 0 Å². The molecule has 0 aromatic rings. The fourth-order valence-electron chi connectivity index (χ4n) is 1.24. The molecule has 0 aromatic carbocycles. The summed E-state index contributed by atoms with van der Waals surface area (Å²) in [5.41, 5.74) is 5.61. The number of hydrogen-bond acceptors (Lipinski definition) is 1. The van der Waals surface area contributed by atoms with Gasteiger partial charge in [-0.1, -0.05) is 50.5 Å². The highest BCUT2D eigenvalue weighted by Gasteiger charge is 1.85. The van der Waals surface area contributed by atoms with Crippen LogP contribution in [0.2, 0.25) is 0 Å². The Morgan fingerprint density at radius 1 is 1.07 bits per heavy atom. The molecule has 0 heterocycles. The van der Waals surface area contributed by atoms with Crippen molar-refractivity contribution in [2.45, 2.75) is 58.4 Å². The van der Waals surface area contributed by atoms with E-state index in [4.69, 9.17) is 5.73 Å². The Hall–Kier alpha value is -0.560. The predicted molar refractivity (Wildman–Crippen MR) is 65.3 cm³/mol. The lowest BCUT2D eigenvalue weighted by Crippen LogP contribution is -2.12. The van der Waals surface area contributed by atoms with Gasteiger partial charge in [-0.05, 0) is 26.2 Å². The molecule has 0 bridgehead atoms. The summed E-state index contributed by atoms with van der Waals surface area (Å²) < 4.78 is 0. The van der Waals surface area contributed by atoms with Crippen molar-refractivity contribution >= 4 is 0 Å². The van der Waals surface area contributed by atoms with Crippen molar-refractivity contribution in [1.82, 2.24) is 0 Å². The van der Waals surface area contributed by atoms with Crippen LogP contribution in [0.3, 0.4) is 0 Å². The minimum atomic E-state index is 0.282. The van der Waals surface area contributed by atoms with Crippen LogP contribution in [0.4, 0.5) is 0 Å². The summed E-state index contributed by atoms with van der Waals surface area (Å²) in [4.78, 5) is 0. The van der Waals surface area contributed by atoms with Crippen molar-refractivity contribution in [2.75, 3.05) is 0 Å². The molecule has 0 aliphatic rings. The molecule has 1 nitrogen and oxygen atoms in total. The predicted octanol–water partition coefficient (Wildman–Crippen LogP) is 3.81. The Balaban J connectivity index is 3.22. The van der Waals surface area contributed by atoms with Crippen molar-refractivity contribution in [3.05, 3.63) is 24.3 Å². The SMILES string of the molecule is CCCCCC/C=C/C=C/CC(C)N. The Morgan fingerprint density at radius 3 is 2.43 bits per heavy atom. The van der Waals surface area contributed by atoms with Crippen molar-refractivity contribution in [2.24, 2.45) is 5.73 Å². The smallest absolute Gasteiger partial charge is 0.00451 e. The number of nitrogens with two attached hydrogens (primary N) is 1.